The van der Waals surface area contributed by atoms with Crippen molar-refractivity contribution in [2.24, 2.45) is 0 Å². The number of hydrogen-bond donors (Lipinski definition) is 2. The molecule has 1 heterocycles. The number of H-pyrrole nitrogens is 1. The third-order valence-electron chi connectivity index (χ3n) is 3.93. The molecule has 1 saturated carbocycles. The Kier molecular flexibility index (Phi) is 5.83. The van der Waals surface area contributed by atoms with Gasteiger partial charge in [0.25, 0.3) is 0 Å². The van der Waals surface area contributed by atoms with Gasteiger partial charge in [-0.1, -0.05) is 37.9 Å². The third-order valence-corrected chi connectivity index (χ3v) is 4.89. The van der Waals surface area contributed by atoms with Crippen molar-refractivity contribution in [1.29, 1.82) is 5.26 Å². The van der Waals surface area contributed by atoms with E-state index in [4.69, 9.17) is 0 Å². The van der Waals surface area contributed by atoms with Crippen LogP contribution in [0.5, 0.6) is 0 Å². The zero-order chi connectivity index (χ0) is 16.0. The number of nitrogens with one attached hydrogen (secondary N) is 2. The first kappa shape index (κ1) is 16.8. The summed E-state index contributed by atoms with van der Waals surface area (Å²) in [7, 11) is 0. The van der Waals surface area contributed by atoms with Crippen LogP contribution in [0.1, 0.15) is 58.2 Å². The van der Waals surface area contributed by atoms with E-state index in [0.29, 0.717) is 5.16 Å². The summed E-state index contributed by atoms with van der Waals surface area (Å²) in [6, 6.07) is 2.31. The van der Waals surface area contributed by atoms with Crippen LogP contribution in [0.25, 0.3) is 0 Å². The molecule has 7 heteroatoms. The molecule has 1 fully saturated rings. The van der Waals surface area contributed by atoms with E-state index >= 15 is 0 Å². The average Bonchev–Trinajstić information content (AvgIpc) is 2.95. The highest BCUT2D eigenvalue weighted by molar-refractivity contribution is 8.00. The van der Waals surface area contributed by atoms with Crippen LogP contribution in [0.2, 0.25) is 0 Å². The van der Waals surface area contributed by atoms with Gasteiger partial charge in [-0.3, -0.25) is 9.89 Å². The molecule has 0 radical (unpaired) electrons. The van der Waals surface area contributed by atoms with E-state index in [0.717, 1.165) is 50.8 Å². The van der Waals surface area contributed by atoms with Crippen molar-refractivity contribution in [3.8, 4) is 6.07 Å². The van der Waals surface area contributed by atoms with Crippen LogP contribution in [0, 0.1) is 11.3 Å². The van der Waals surface area contributed by atoms with Gasteiger partial charge >= 0.3 is 0 Å². The number of aromatic nitrogens is 3. The molecule has 1 aromatic heterocycles. The van der Waals surface area contributed by atoms with Gasteiger partial charge in [-0.25, -0.2) is 4.98 Å². The Morgan fingerprint density at radius 1 is 1.50 bits per heavy atom. The molecule has 22 heavy (non-hydrogen) atoms. The zero-order valence-corrected chi connectivity index (χ0v) is 14.0. The van der Waals surface area contributed by atoms with Crippen molar-refractivity contribution in [1.82, 2.24) is 20.5 Å². The van der Waals surface area contributed by atoms with Crippen LogP contribution in [-0.2, 0) is 11.2 Å². The second-order valence-corrected chi connectivity index (χ2v) is 7.13. The van der Waals surface area contributed by atoms with E-state index in [1.54, 1.807) is 0 Å². The SMILES string of the molecule is CCCc1nc(S[C@@H](C)C(=O)NC2(C#N)CCCCC2)n[nH]1. The molecule has 0 unspecified atom stereocenters. The summed E-state index contributed by atoms with van der Waals surface area (Å²) in [5, 5.41) is 19.6. The minimum absolute atomic E-state index is 0.115. The van der Waals surface area contributed by atoms with Gasteiger partial charge in [-0.05, 0) is 26.2 Å². The second-order valence-electron chi connectivity index (χ2n) is 5.82. The number of thioether (sulfide) groups is 1. The van der Waals surface area contributed by atoms with E-state index in [1.807, 2.05) is 6.92 Å². The Bertz CT molecular complexity index is 544. The molecule has 1 aliphatic carbocycles. The Hall–Kier alpha value is -1.55. The van der Waals surface area contributed by atoms with Crippen LogP contribution in [0.15, 0.2) is 5.16 Å². The smallest absolute Gasteiger partial charge is 0.234 e. The highest BCUT2D eigenvalue weighted by Crippen LogP contribution is 2.28. The lowest BCUT2D eigenvalue weighted by atomic mass is 9.83. The molecule has 1 aromatic rings. The monoisotopic (exact) mass is 321 g/mol. The minimum atomic E-state index is -0.684. The van der Waals surface area contributed by atoms with Crippen molar-refractivity contribution in [2.45, 2.75) is 74.7 Å². The van der Waals surface area contributed by atoms with Gasteiger partial charge in [0.05, 0.1) is 11.3 Å². The van der Waals surface area contributed by atoms with E-state index in [2.05, 4.69) is 33.5 Å². The van der Waals surface area contributed by atoms with Gasteiger partial charge in [0.15, 0.2) is 0 Å². The number of aryl methyl sites for hydroxylation is 1. The summed E-state index contributed by atoms with van der Waals surface area (Å²) in [4.78, 5) is 16.7. The summed E-state index contributed by atoms with van der Waals surface area (Å²) < 4.78 is 0. The predicted molar refractivity (Wildman–Crippen MR) is 85.3 cm³/mol. The second kappa shape index (κ2) is 7.63. The van der Waals surface area contributed by atoms with E-state index in [1.165, 1.54) is 11.8 Å². The van der Waals surface area contributed by atoms with E-state index in [9.17, 15) is 10.1 Å². The molecule has 1 atom stereocenters. The molecule has 2 rings (SSSR count). The first-order chi connectivity index (χ1) is 10.6. The molecular formula is C15H23N5OS. The minimum Gasteiger partial charge on any atom is -0.337 e. The summed E-state index contributed by atoms with van der Waals surface area (Å²) in [5.41, 5.74) is -0.684. The highest BCUT2D eigenvalue weighted by Gasteiger charge is 2.35. The number of rotatable bonds is 6. The number of carbonyl (C=O) groups is 1. The Balaban J connectivity index is 1.92. The van der Waals surface area contributed by atoms with E-state index < -0.39 is 5.54 Å². The Morgan fingerprint density at radius 2 is 2.23 bits per heavy atom. The van der Waals surface area contributed by atoms with Gasteiger partial charge in [-0.2, -0.15) is 5.26 Å². The van der Waals surface area contributed by atoms with Gasteiger partial charge in [-0.15, -0.1) is 5.10 Å². The lowest BCUT2D eigenvalue weighted by Gasteiger charge is -2.32. The molecule has 0 bridgehead atoms. The third kappa shape index (κ3) is 4.23. The first-order valence-corrected chi connectivity index (χ1v) is 8.78. The Labute approximate surface area is 135 Å². The van der Waals surface area contributed by atoms with Crippen LogP contribution in [-0.4, -0.2) is 31.9 Å². The van der Waals surface area contributed by atoms with Crippen LogP contribution in [0.3, 0.4) is 0 Å². The fourth-order valence-corrected chi connectivity index (χ4v) is 3.39. The Morgan fingerprint density at radius 3 is 2.86 bits per heavy atom. The number of hydrogen-bond acceptors (Lipinski definition) is 5. The van der Waals surface area contributed by atoms with Gasteiger partial charge in [0, 0.05) is 6.42 Å². The molecule has 1 amide bonds. The van der Waals surface area contributed by atoms with Crippen molar-refractivity contribution < 1.29 is 4.79 Å². The van der Waals surface area contributed by atoms with Gasteiger partial charge < -0.3 is 5.32 Å². The summed E-state index contributed by atoms with van der Waals surface area (Å²) in [6.45, 7) is 3.90. The van der Waals surface area contributed by atoms with Crippen LogP contribution >= 0.6 is 11.8 Å². The highest BCUT2D eigenvalue weighted by atomic mass is 32.2. The zero-order valence-electron chi connectivity index (χ0n) is 13.2. The molecule has 6 nitrogen and oxygen atoms in total. The molecule has 0 aromatic carbocycles. The van der Waals surface area contributed by atoms with Crippen LogP contribution in [0.4, 0.5) is 0 Å². The normalized spacial score (nSPS) is 18.4. The van der Waals surface area contributed by atoms with Crippen molar-refractivity contribution in [3.63, 3.8) is 0 Å². The van der Waals surface area contributed by atoms with Crippen LogP contribution < -0.4 is 5.32 Å². The standard InChI is InChI=1S/C15H23N5OS/c1-3-7-12-17-14(20-19-12)22-11(2)13(21)18-15(10-16)8-5-4-6-9-15/h11H,3-9H2,1-2H3,(H,18,21)(H,17,19,20)/t11-/m0/s1. The fourth-order valence-electron chi connectivity index (χ4n) is 2.65. The first-order valence-electron chi connectivity index (χ1n) is 7.90. The summed E-state index contributed by atoms with van der Waals surface area (Å²) >= 11 is 1.32. The molecule has 0 aliphatic heterocycles. The quantitative estimate of drug-likeness (QED) is 0.785. The average molecular weight is 321 g/mol. The van der Waals surface area contributed by atoms with Crippen molar-refractivity contribution in [2.75, 3.05) is 0 Å². The summed E-state index contributed by atoms with van der Waals surface area (Å²) in [5.74, 6) is 0.730. The number of amides is 1. The van der Waals surface area contributed by atoms with Crippen molar-refractivity contribution in [3.05, 3.63) is 5.82 Å². The topological polar surface area (TPSA) is 94.5 Å². The predicted octanol–water partition coefficient (Wildman–Crippen LogP) is 2.58. The lowest BCUT2D eigenvalue weighted by molar-refractivity contribution is -0.121. The van der Waals surface area contributed by atoms with E-state index in [-0.39, 0.29) is 11.2 Å². The number of aromatic amines is 1. The molecular weight excluding hydrogens is 298 g/mol. The van der Waals surface area contributed by atoms with Gasteiger partial charge in [0.1, 0.15) is 11.4 Å². The largest absolute Gasteiger partial charge is 0.337 e. The molecule has 1 aliphatic rings. The molecule has 0 saturated heterocycles. The number of nitrogens with zero attached hydrogens (tertiary/aromatic N) is 3. The van der Waals surface area contributed by atoms with Gasteiger partial charge in [0.2, 0.25) is 11.1 Å². The maximum absolute atomic E-state index is 12.4. The van der Waals surface area contributed by atoms with Crippen molar-refractivity contribution >= 4 is 17.7 Å². The number of carbonyl (C=O) groups excluding carboxylic acids is 1. The fraction of sp³-hybridized carbons (Fsp3) is 0.733. The number of nitriles is 1. The lowest BCUT2D eigenvalue weighted by Crippen LogP contribution is -2.50. The molecule has 2 N–H and O–H groups in total. The maximum atomic E-state index is 12.4. The molecule has 120 valence electrons. The molecule has 0 spiro atoms. The maximum Gasteiger partial charge on any atom is 0.234 e. The summed E-state index contributed by atoms with van der Waals surface area (Å²) in [6.07, 6.45) is 6.47.